The number of hydrogen-bond acceptors (Lipinski definition) is 8. The molecule has 0 fully saturated rings. The molecule has 0 bridgehead atoms. The van der Waals surface area contributed by atoms with E-state index in [1.807, 2.05) is 27.7 Å². The van der Waals surface area contributed by atoms with E-state index in [9.17, 15) is 19.2 Å². The van der Waals surface area contributed by atoms with Crippen LogP contribution in [-0.2, 0) is 19.1 Å². The fraction of sp³-hybridized carbons (Fsp3) is 0.500. The molecule has 0 aliphatic carbocycles. The molecule has 0 saturated carbocycles. The van der Waals surface area contributed by atoms with Crippen LogP contribution < -0.4 is 10.6 Å². The second kappa shape index (κ2) is 14.8. The highest BCUT2D eigenvalue weighted by Crippen LogP contribution is 2.18. The fourth-order valence-electron chi connectivity index (χ4n) is 3.76. The molecule has 0 aromatic carbocycles. The van der Waals surface area contributed by atoms with Crippen LogP contribution in [0.1, 0.15) is 75.1 Å². The van der Waals surface area contributed by atoms with Gasteiger partial charge in [-0.3, -0.25) is 19.6 Å². The molecule has 2 amide bonds. The first-order valence-corrected chi connectivity index (χ1v) is 12.9. The Labute approximate surface area is 223 Å². The minimum atomic E-state index is -0.776. The lowest BCUT2D eigenvalue weighted by Crippen LogP contribution is -2.42. The SMILES string of the molecule is CCOC(=O)[C@H](CC(C)C)NC(=O)c1ccnc(-c2cc(C(=O)N[C@@H](CC(C)C)C(=O)OCC)ccn2)c1. The second-order valence-corrected chi connectivity index (χ2v) is 9.67. The third-order valence-electron chi connectivity index (χ3n) is 5.47. The molecular formula is C28H38N4O6. The maximum Gasteiger partial charge on any atom is 0.328 e. The van der Waals surface area contributed by atoms with Crippen molar-refractivity contribution in [2.24, 2.45) is 11.8 Å². The van der Waals surface area contributed by atoms with Crippen molar-refractivity contribution in [1.29, 1.82) is 0 Å². The van der Waals surface area contributed by atoms with Crippen LogP contribution in [0.5, 0.6) is 0 Å². The van der Waals surface area contributed by atoms with E-state index in [0.717, 1.165) is 0 Å². The van der Waals surface area contributed by atoms with Gasteiger partial charge in [0.05, 0.1) is 24.6 Å². The summed E-state index contributed by atoms with van der Waals surface area (Å²) < 4.78 is 10.2. The van der Waals surface area contributed by atoms with E-state index in [-0.39, 0.29) is 36.2 Å². The number of hydrogen-bond donors (Lipinski definition) is 2. The third-order valence-corrected chi connectivity index (χ3v) is 5.47. The van der Waals surface area contributed by atoms with E-state index in [2.05, 4.69) is 20.6 Å². The van der Waals surface area contributed by atoms with Crippen molar-refractivity contribution in [2.75, 3.05) is 13.2 Å². The fourth-order valence-corrected chi connectivity index (χ4v) is 3.76. The highest BCUT2D eigenvalue weighted by Gasteiger charge is 2.25. The van der Waals surface area contributed by atoms with Crippen LogP contribution >= 0.6 is 0 Å². The van der Waals surface area contributed by atoms with Crippen LogP contribution in [0, 0.1) is 11.8 Å². The van der Waals surface area contributed by atoms with Gasteiger partial charge >= 0.3 is 11.9 Å². The zero-order valence-electron chi connectivity index (χ0n) is 22.9. The maximum atomic E-state index is 13.0. The number of ether oxygens (including phenoxy) is 2. The molecule has 0 radical (unpaired) electrons. The molecule has 2 N–H and O–H groups in total. The normalized spacial score (nSPS) is 12.5. The van der Waals surface area contributed by atoms with E-state index in [1.165, 1.54) is 36.7 Å². The van der Waals surface area contributed by atoms with Crippen LogP contribution in [0.15, 0.2) is 36.7 Å². The van der Waals surface area contributed by atoms with Crippen molar-refractivity contribution in [3.05, 3.63) is 47.8 Å². The number of amides is 2. The molecule has 0 aliphatic heterocycles. The molecule has 206 valence electrons. The summed E-state index contributed by atoms with van der Waals surface area (Å²) in [5, 5.41) is 5.49. The van der Waals surface area contributed by atoms with Crippen LogP contribution in [0.25, 0.3) is 11.4 Å². The first-order valence-electron chi connectivity index (χ1n) is 12.9. The highest BCUT2D eigenvalue weighted by molar-refractivity contribution is 5.98. The molecule has 10 heteroatoms. The number of nitrogens with one attached hydrogen (secondary N) is 2. The predicted octanol–water partition coefficient (Wildman–Crippen LogP) is 3.56. The van der Waals surface area contributed by atoms with Gasteiger partial charge in [-0.15, -0.1) is 0 Å². The third kappa shape index (κ3) is 9.24. The summed E-state index contributed by atoms with van der Waals surface area (Å²) in [7, 11) is 0. The number of pyridine rings is 2. The van der Waals surface area contributed by atoms with Crippen molar-refractivity contribution < 1.29 is 28.7 Å². The van der Waals surface area contributed by atoms with Gasteiger partial charge in [-0.05, 0) is 62.8 Å². The van der Waals surface area contributed by atoms with Crippen molar-refractivity contribution in [2.45, 2.75) is 66.5 Å². The lowest BCUT2D eigenvalue weighted by atomic mass is 10.0. The van der Waals surface area contributed by atoms with Gasteiger partial charge in [0.2, 0.25) is 0 Å². The quantitative estimate of drug-likeness (QED) is 0.378. The molecule has 2 aromatic rings. The van der Waals surface area contributed by atoms with Crippen LogP contribution in [0.4, 0.5) is 0 Å². The number of nitrogens with zero attached hydrogens (tertiary/aromatic N) is 2. The van der Waals surface area contributed by atoms with E-state index < -0.39 is 35.8 Å². The van der Waals surface area contributed by atoms with Crippen molar-refractivity contribution in [3.63, 3.8) is 0 Å². The van der Waals surface area contributed by atoms with Gasteiger partial charge in [0.15, 0.2) is 0 Å². The number of esters is 2. The first kappa shape index (κ1) is 30.4. The van der Waals surface area contributed by atoms with Gasteiger partial charge in [-0.2, -0.15) is 0 Å². The summed E-state index contributed by atoms with van der Waals surface area (Å²) in [6, 6.07) is 4.59. The van der Waals surface area contributed by atoms with Gasteiger partial charge < -0.3 is 20.1 Å². The molecule has 2 atom stereocenters. The Morgan fingerprint density at radius 2 is 1.08 bits per heavy atom. The first-order chi connectivity index (χ1) is 18.0. The minimum Gasteiger partial charge on any atom is -0.464 e. The summed E-state index contributed by atoms with van der Waals surface area (Å²) in [6.07, 6.45) is 3.79. The molecule has 0 unspecified atom stereocenters. The summed E-state index contributed by atoms with van der Waals surface area (Å²) in [5.41, 5.74) is 1.30. The average Bonchev–Trinajstić information content (AvgIpc) is 2.87. The van der Waals surface area contributed by atoms with Gasteiger partial charge in [-0.25, -0.2) is 9.59 Å². The number of carbonyl (C=O) groups excluding carboxylic acids is 4. The Morgan fingerprint density at radius 3 is 1.39 bits per heavy atom. The monoisotopic (exact) mass is 526 g/mol. The molecule has 38 heavy (non-hydrogen) atoms. The van der Waals surface area contributed by atoms with E-state index >= 15 is 0 Å². The van der Waals surface area contributed by atoms with Gasteiger partial charge in [0.1, 0.15) is 12.1 Å². The van der Waals surface area contributed by atoms with Crippen LogP contribution in [0.3, 0.4) is 0 Å². The Kier molecular flexibility index (Phi) is 11.8. The molecule has 2 heterocycles. The Hall–Kier alpha value is -3.82. The smallest absolute Gasteiger partial charge is 0.328 e. The van der Waals surface area contributed by atoms with E-state index in [0.29, 0.717) is 24.2 Å². The summed E-state index contributed by atoms with van der Waals surface area (Å²) in [6.45, 7) is 11.7. The van der Waals surface area contributed by atoms with Crippen molar-refractivity contribution >= 4 is 23.8 Å². The largest absolute Gasteiger partial charge is 0.464 e. The Morgan fingerprint density at radius 1 is 0.711 bits per heavy atom. The van der Waals surface area contributed by atoms with Crippen molar-refractivity contribution in [1.82, 2.24) is 20.6 Å². The van der Waals surface area contributed by atoms with Gasteiger partial charge in [0, 0.05) is 23.5 Å². The van der Waals surface area contributed by atoms with Crippen LogP contribution in [-0.4, -0.2) is 59.0 Å². The molecule has 2 aromatic heterocycles. The molecular weight excluding hydrogens is 488 g/mol. The summed E-state index contributed by atoms with van der Waals surface area (Å²) in [5.74, 6) is -1.54. The maximum absolute atomic E-state index is 13.0. The number of aromatic nitrogens is 2. The topological polar surface area (TPSA) is 137 Å². The summed E-state index contributed by atoms with van der Waals surface area (Å²) >= 11 is 0. The lowest BCUT2D eigenvalue weighted by molar-refractivity contribution is -0.146. The molecule has 10 nitrogen and oxygen atoms in total. The van der Waals surface area contributed by atoms with Crippen LogP contribution in [0.2, 0.25) is 0 Å². The number of rotatable bonds is 13. The summed E-state index contributed by atoms with van der Waals surface area (Å²) in [4.78, 5) is 59.2. The van der Waals surface area contributed by atoms with Crippen molar-refractivity contribution in [3.8, 4) is 11.4 Å². The lowest BCUT2D eigenvalue weighted by Gasteiger charge is -2.19. The average molecular weight is 527 g/mol. The van der Waals surface area contributed by atoms with Gasteiger partial charge in [-0.1, -0.05) is 27.7 Å². The minimum absolute atomic E-state index is 0.166. The number of carbonyl (C=O) groups is 4. The second-order valence-electron chi connectivity index (χ2n) is 9.67. The molecule has 0 saturated heterocycles. The highest BCUT2D eigenvalue weighted by atomic mass is 16.5. The standard InChI is InChI=1S/C28H38N4O6/c1-7-37-27(35)23(13-17(3)4)31-25(33)19-9-11-29-21(15-19)22-16-20(10-12-30-22)26(34)32-24(14-18(5)6)28(36)38-8-2/h9-12,15-18,23-24H,7-8,13-14H2,1-6H3,(H,31,33)(H,32,34)/t23-,24-/m0/s1. The Balaban J connectivity index is 2.24. The Bertz CT molecular complexity index is 1030. The molecule has 0 spiro atoms. The van der Waals surface area contributed by atoms with E-state index in [4.69, 9.17) is 9.47 Å². The predicted molar refractivity (Wildman–Crippen MR) is 142 cm³/mol. The van der Waals surface area contributed by atoms with Gasteiger partial charge in [0.25, 0.3) is 11.8 Å². The van der Waals surface area contributed by atoms with E-state index in [1.54, 1.807) is 13.8 Å². The zero-order valence-corrected chi connectivity index (χ0v) is 22.9. The molecule has 0 aliphatic rings. The zero-order chi connectivity index (χ0) is 28.2. The molecule has 2 rings (SSSR count).